The number of benzene rings is 2. The molecule has 0 aliphatic heterocycles. The van der Waals surface area contributed by atoms with Gasteiger partial charge < -0.3 is 5.32 Å². The number of rotatable bonds is 4. The van der Waals surface area contributed by atoms with E-state index in [-0.39, 0.29) is 15.0 Å². The van der Waals surface area contributed by atoms with Crippen molar-refractivity contribution in [3.63, 3.8) is 0 Å². The number of aryl methyl sites for hydroxylation is 2. The second kappa shape index (κ2) is 7.23. The minimum absolute atomic E-state index is 0.116. The van der Waals surface area contributed by atoms with Crippen LogP contribution in [0.15, 0.2) is 63.7 Å². The van der Waals surface area contributed by atoms with Gasteiger partial charge in [0.25, 0.3) is 5.91 Å². The van der Waals surface area contributed by atoms with E-state index < -0.39 is 9.84 Å². The lowest BCUT2D eigenvalue weighted by molar-refractivity contribution is 0.103. The Morgan fingerprint density at radius 3 is 2.31 bits per heavy atom. The average molecular weight is 406 g/mol. The summed E-state index contributed by atoms with van der Waals surface area (Å²) in [6.07, 6.45) is 0. The lowest BCUT2D eigenvalue weighted by Gasteiger charge is -2.06. The van der Waals surface area contributed by atoms with Crippen LogP contribution in [0.4, 0.5) is 5.69 Å². The van der Waals surface area contributed by atoms with Crippen LogP contribution in [-0.4, -0.2) is 14.3 Å². The normalized spacial score (nSPS) is 11.3. The molecule has 0 aliphatic rings. The van der Waals surface area contributed by atoms with E-state index in [1.807, 2.05) is 32.0 Å². The molecule has 0 atom stereocenters. The highest BCUT2D eigenvalue weighted by molar-refractivity contribution is 7.93. The lowest BCUT2D eigenvalue weighted by atomic mass is 10.1. The highest BCUT2D eigenvalue weighted by Crippen LogP contribution is 2.29. The van der Waals surface area contributed by atoms with Gasteiger partial charge in [0.05, 0.1) is 9.77 Å². The molecular weight excluding hydrogens is 390 g/mol. The Balaban J connectivity index is 1.83. The van der Waals surface area contributed by atoms with Crippen LogP contribution in [0.5, 0.6) is 0 Å². The standard InChI is InChI=1S/C19H16ClNO3S2/c1-12-3-6-15(11-13(12)2)21-19(22)17-9-10-18(25-17)26(23,24)16-7-4-14(20)5-8-16/h3-11H,1-2H3,(H,21,22). The summed E-state index contributed by atoms with van der Waals surface area (Å²) in [5.74, 6) is -0.337. The third kappa shape index (κ3) is 3.82. The van der Waals surface area contributed by atoms with Crippen LogP contribution in [0, 0.1) is 13.8 Å². The number of amides is 1. The van der Waals surface area contributed by atoms with Gasteiger partial charge in [0.1, 0.15) is 4.21 Å². The van der Waals surface area contributed by atoms with E-state index in [0.717, 1.165) is 22.5 Å². The van der Waals surface area contributed by atoms with Crippen LogP contribution in [0.25, 0.3) is 0 Å². The predicted octanol–water partition coefficient (Wildman–Crippen LogP) is 5.10. The summed E-state index contributed by atoms with van der Waals surface area (Å²) < 4.78 is 25.4. The van der Waals surface area contributed by atoms with Crippen molar-refractivity contribution in [2.24, 2.45) is 0 Å². The van der Waals surface area contributed by atoms with E-state index in [9.17, 15) is 13.2 Å². The van der Waals surface area contributed by atoms with Gasteiger partial charge >= 0.3 is 0 Å². The molecule has 7 heteroatoms. The molecule has 0 saturated carbocycles. The van der Waals surface area contributed by atoms with Crippen molar-refractivity contribution in [1.82, 2.24) is 0 Å². The molecule has 0 aliphatic carbocycles. The molecule has 1 heterocycles. The van der Waals surface area contributed by atoms with Crippen LogP contribution in [-0.2, 0) is 9.84 Å². The number of hydrogen-bond acceptors (Lipinski definition) is 4. The number of hydrogen-bond donors (Lipinski definition) is 1. The Morgan fingerprint density at radius 2 is 1.65 bits per heavy atom. The van der Waals surface area contributed by atoms with Crippen molar-refractivity contribution in [2.75, 3.05) is 5.32 Å². The van der Waals surface area contributed by atoms with Gasteiger partial charge in [-0.3, -0.25) is 4.79 Å². The number of carbonyl (C=O) groups excluding carboxylic acids is 1. The Kier molecular flexibility index (Phi) is 5.18. The molecule has 3 rings (SSSR count). The SMILES string of the molecule is Cc1ccc(NC(=O)c2ccc(S(=O)(=O)c3ccc(Cl)cc3)s2)cc1C. The fraction of sp³-hybridized carbons (Fsp3) is 0.105. The molecule has 2 aromatic carbocycles. The number of nitrogens with one attached hydrogen (secondary N) is 1. The van der Waals surface area contributed by atoms with E-state index in [1.165, 1.54) is 36.4 Å². The Morgan fingerprint density at radius 1 is 0.962 bits per heavy atom. The van der Waals surface area contributed by atoms with E-state index in [4.69, 9.17) is 11.6 Å². The van der Waals surface area contributed by atoms with Gasteiger partial charge in [-0.25, -0.2) is 8.42 Å². The fourth-order valence-corrected chi connectivity index (χ4v) is 5.06. The third-order valence-corrected chi connectivity index (χ3v) is 7.56. The molecule has 4 nitrogen and oxygen atoms in total. The average Bonchev–Trinajstić information content (AvgIpc) is 3.10. The van der Waals surface area contributed by atoms with Gasteiger partial charge in [0, 0.05) is 10.7 Å². The smallest absolute Gasteiger partial charge is 0.265 e. The maximum atomic E-state index is 12.7. The third-order valence-electron chi connectivity index (χ3n) is 3.96. The van der Waals surface area contributed by atoms with Crippen LogP contribution in [0.1, 0.15) is 20.8 Å². The van der Waals surface area contributed by atoms with Crippen molar-refractivity contribution in [3.05, 3.63) is 75.6 Å². The van der Waals surface area contributed by atoms with Crippen LogP contribution < -0.4 is 5.32 Å². The summed E-state index contributed by atoms with van der Waals surface area (Å²) in [6, 6.07) is 14.5. The first kappa shape index (κ1) is 18.6. The number of sulfone groups is 1. The van der Waals surface area contributed by atoms with Gasteiger partial charge in [0.15, 0.2) is 0 Å². The highest BCUT2D eigenvalue weighted by atomic mass is 35.5. The van der Waals surface area contributed by atoms with Gasteiger partial charge in [0.2, 0.25) is 9.84 Å². The van der Waals surface area contributed by atoms with Crippen molar-refractivity contribution in [3.8, 4) is 0 Å². The summed E-state index contributed by atoms with van der Waals surface area (Å²) in [5.41, 5.74) is 2.88. The summed E-state index contributed by atoms with van der Waals surface area (Å²) in [6.45, 7) is 3.96. The first-order valence-corrected chi connectivity index (χ1v) is 10.4. The Bertz CT molecular complexity index is 1070. The van der Waals surface area contributed by atoms with Gasteiger partial charge in [-0.2, -0.15) is 0 Å². The zero-order chi connectivity index (χ0) is 18.9. The van der Waals surface area contributed by atoms with E-state index >= 15 is 0 Å². The zero-order valence-corrected chi connectivity index (χ0v) is 16.5. The largest absolute Gasteiger partial charge is 0.321 e. The minimum atomic E-state index is -3.67. The van der Waals surface area contributed by atoms with Crippen molar-refractivity contribution in [1.29, 1.82) is 0 Å². The number of anilines is 1. The molecule has 0 fully saturated rings. The predicted molar refractivity (Wildman–Crippen MR) is 105 cm³/mol. The lowest BCUT2D eigenvalue weighted by Crippen LogP contribution is -2.10. The zero-order valence-electron chi connectivity index (χ0n) is 14.1. The van der Waals surface area contributed by atoms with Crippen molar-refractivity contribution >= 4 is 44.4 Å². The van der Waals surface area contributed by atoms with Gasteiger partial charge in [-0.05, 0) is 73.5 Å². The van der Waals surface area contributed by atoms with Gasteiger partial charge in [-0.15, -0.1) is 11.3 Å². The summed E-state index contributed by atoms with van der Waals surface area (Å²) >= 11 is 6.75. The minimum Gasteiger partial charge on any atom is -0.321 e. The maximum Gasteiger partial charge on any atom is 0.265 e. The second-order valence-electron chi connectivity index (χ2n) is 5.83. The van der Waals surface area contributed by atoms with Crippen molar-refractivity contribution < 1.29 is 13.2 Å². The molecule has 1 amide bonds. The first-order chi connectivity index (χ1) is 12.3. The molecule has 0 bridgehead atoms. The first-order valence-electron chi connectivity index (χ1n) is 7.76. The van der Waals surface area contributed by atoms with Crippen LogP contribution >= 0.6 is 22.9 Å². The fourth-order valence-electron chi connectivity index (χ4n) is 2.33. The summed E-state index contributed by atoms with van der Waals surface area (Å²) in [7, 11) is -3.67. The van der Waals surface area contributed by atoms with E-state index in [2.05, 4.69) is 5.32 Å². The Labute approximate surface area is 161 Å². The number of halogens is 1. The molecule has 0 radical (unpaired) electrons. The van der Waals surface area contributed by atoms with Crippen LogP contribution in [0.3, 0.4) is 0 Å². The quantitative estimate of drug-likeness (QED) is 0.656. The topological polar surface area (TPSA) is 63.2 Å². The summed E-state index contributed by atoms with van der Waals surface area (Å²) in [4.78, 5) is 12.9. The van der Waals surface area contributed by atoms with Gasteiger partial charge in [-0.1, -0.05) is 17.7 Å². The maximum absolute atomic E-state index is 12.7. The Hall–Kier alpha value is -2.15. The van der Waals surface area contributed by atoms with E-state index in [0.29, 0.717) is 15.6 Å². The van der Waals surface area contributed by atoms with E-state index in [1.54, 1.807) is 0 Å². The monoisotopic (exact) mass is 405 g/mol. The highest BCUT2D eigenvalue weighted by Gasteiger charge is 2.21. The summed E-state index contributed by atoms with van der Waals surface area (Å²) in [5, 5.41) is 3.26. The second-order valence-corrected chi connectivity index (χ2v) is 9.53. The molecular formula is C19H16ClNO3S2. The number of thiophene rings is 1. The molecule has 3 aromatic rings. The molecule has 1 N–H and O–H groups in total. The molecule has 0 saturated heterocycles. The number of carbonyl (C=O) groups is 1. The molecule has 26 heavy (non-hydrogen) atoms. The van der Waals surface area contributed by atoms with Crippen molar-refractivity contribution in [2.45, 2.75) is 23.0 Å². The molecule has 0 unspecified atom stereocenters. The molecule has 1 aromatic heterocycles. The molecule has 0 spiro atoms. The molecule has 134 valence electrons. The van der Waals surface area contributed by atoms with Crippen LogP contribution in [0.2, 0.25) is 5.02 Å².